The molecule has 1 aromatic carbocycles. The van der Waals surface area contributed by atoms with Crippen LogP contribution in [0.3, 0.4) is 0 Å². The van der Waals surface area contributed by atoms with E-state index < -0.39 is 0 Å². The summed E-state index contributed by atoms with van der Waals surface area (Å²) in [5.74, 6) is 0.911. The molecule has 0 aliphatic carbocycles. The van der Waals surface area contributed by atoms with Crippen molar-refractivity contribution in [1.29, 1.82) is 0 Å². The van der Waals surface area contributed by atoms with Gasteiger partial charge in [0.25, 0.3) is 0 Å². The molecule has 5 heteroatoms. The standard InChI is InChI=1S/C16H20ClN3O/c17-14-2-4-15(5-3-14)21-16-6-10-19(11-7-16)12-13-20-9-1-8-18-20/h1-5,8-9,16H,6-7,10-13H2. The highest BCUT2D eigenvalue weighted by atomic mass is 35.5. The average Bonchev–Trinajstić information content (AvgIpc) is 3.02. The van der Waals surface area contributed by atoms with Crippen molar-refractivity contribution >= 4 is 11.6 Å². The summed E-state index contributed by atoms with van der Waals surface area (Å²) in [6.45, 7) is 4.17. The van der Waals surface area contributed by atoms with Crippen LogP contribution in [0.2, 0.25) is 5.02 Å². The lowest BCUT2D eigenvalue weighted by Crippen LogP contribution is -2.39. The fraction of sp³-hybridized carbons (Fsp3) is 0.438. The molecular formula is C16H20ClN3O. The van der Waals surface area contributed by atoms with Gasteiger partial charge in [0.2, 0.25) is 0 Å². The van der Waals surface area contributed by atoms with Gasteiger partial charge in [-0.3, -0.25) is 4.68 Å². The van der Waals surface area contributed by atoms with Crippen molar-refractivity contribution in [1.82, 2.24) is 14.7 Å². The largest absolute Gasteiger partial charge is 0.490 e. The summed E-state index contributed by atoms with van der Waals surface area (Å²) in [5.41, 5.74) is 0. The van der Waals surface area contributed by atoms with Crippen LogP contribution in [0.15, 0.2) is 42.7 Å². The molecule has 1 fully saturated rings. The topological polar surface area (TPSA) is 30.3 Å². The zero-order valence-electron chi connectivity index (χ0n) is 12.0. The summed E-state index contributed by atoms with van der Waals surface area (Å²) < 4.78 is 7.99. The molecule has 2 heterocycles. The molecule has 0 saturated carbocycles. The van der Waals surface area contributed by atoms with Gasteiger partial charge in [0.05, 0.1) is 6.54 Å². The Morgan fingerprint density at radius 3 is 2.57 bits per heavy atom. The fourth-order valence-corrected chi connectivity index (χ4v) is 2.76. The van der Waals surface area contributed by atoms with E-state index in [1.165, 1.54) is 0 Å². The Kier molecular flexibility index (Phi) is 4.78. The van der Waals surface area contributed by atoms with Crippen LogP contribution in [0.4, 0.5) is 0 Å². The summed E-state index contributed by atoms with van der Waals surface area (Å²) in [5, 5.41) is 4.98. The van der Waals surface area contributed by atoms with Gasteiger partial charge in [0.15, 0.2) is 0 Å². The van der Waals surface area contributed by atoms with E-state index in [4.69, 9.17) is 16.3 Å². The molecule has 0 bridgehead atoms. The van der Waals surface area contributed by atoms with E-state index in [1.54, 1.807) is 0 Å². The number of likely N-dealkylation sites (tertiary alicyclic amines) is 1. The molecule has 2 aromatic rings. The Morgan fingerprint density at radius 2 is 1.90 bits per heavy atom. The van der Waals surface area contributed by atoms with E-state index in [-0.39, 0.29) is 0 Å². The van der Waals surface area contributed by atoms with Gasteiger partial charge in [-0.1, -0.05) is 11.6 Å². The number of aromatic nitrogens is 2. The molecule has 0 amide bonds. The van der Waals surface area contributed by atoms with Gasteiger partial charge in [-0.25, -0.2) is 0 Å². The van der Waals surface area contributed by atoms with Crippen molar-refractivity contribution in [2.75, 3.05) is 19.6 Å². The van der Waals surface area contributed by atoms with E-state index in [2.05, 4.69) is 10.00 Å². The lowest BCUT2D eigenvalue weighted by molar-refractivity contribution is 0.0980. The number of hydrogen-bond acceptors (Lipinski definition) is 3. The van der Waals surface area contributed by atoms with Crippen molar-refractivity contribution in [3.05, 3.63) is 47.7 Å². The second kappa shape index (κ2) is 6.96. The normalized spacial score (nSPS) is 17.0. The third kappa shape index (κ3) is 4.22. The molecule has 0 radical (unpaired) electrons. The fourth-order valence-electron chi connectivity index (χ4n) is 2.63. The number of piperidine rings is 1. The van der Waals surface area contributed by atoms with Crippen molar-refractivity contribution in [3.63, 3.8) is 0 Å². The smallest absolute Gasteiger partial charge is 0.119 e. The molecule has 112 valence electrons. The SMILES string of the molecule is Clc1ccc(OC2CCN(CCn3cccn3)CC2)cc1. The molecule has 0 spiro atoms. The summed E-state index contributed by atoms with van der Waals surface area (Å²) in [7, 11) is 0. The minimum atomic E-state index is 0.312. The molecular weight excluding hydrogens is 286 g/mol. The Hall–Kier alpha value is -1.52. The van der Waals surface area contributed by atoms with E-state index >= 15 is 0 Å². The van der Waals surface area contributed by atoms with Gasteiger partial charge >= 0.3 is 0 Å². The van der Waals surface area contributed by atoms with Crippen LogP contribution in [-0.4, -0.2) is 40.4 Å². The molecule has 0 unspecified atom stereocenters. The van der Waals surface area contributed by atoms with Gasteiger partial charge in [0, 0.05) is 37.1 Å². The van der Waals surface area contributed by atoms with Crippen LogP contribution in [-0.2, 0) is 6.54 Å². The zero-order chi connectivity index (χ0) is 14.5. The second-order valence-electron chi connectivity index (χ2n) is 5.38. The molecule has 4 nitrogen and oxygen atoms in total. The number of ether oxygens (including phenoxy) is 1. The van der Waals surface area contributed by atoms with Crippen LogP contribution in [0.25, 0.3) is 0 Å². The third-order valence-electron chi connectivity index (χ3n) is 3.86. The monoisotopic (exact) mass is 305 g/mol. The van der Waals surface area contributed by atoms with Crippen LogP contribution in [0, 0.1) is 0 Å². The summed E-state index contributed by atoms with van der Waals surface area (Å²) in [6, 6.07) is 9.58. The van der Waals surface area contributed by atoms with Crippen molar-refractivity contribution < 1.29 is 4.74 Å². The molecule has 1 aliphatic rings. The van der Waals surface area contributed by atoms with Crippen molar-refractivity contribution in [2.24, 2.45) is 0 Å². The number of halogens is 1. The maximum absolute atomic E-state index is 6.01. The quantitative estimate of drug-likeness (QED) is 0.850. The van der Waals surface area contributed by atoms with E-state index in [0.29, 0.717) is 6.10 Å². The first-order valence-electron chi connectivity index (χ1n) is 7.41. The Morgan fingerprint density at radius 1 is 1.14 bits per heavy atom. The van der Waals surface area contributed by atoms with Crippen molar-refractivity contribution in [3.8, 4) is 5.75 Å². The van der Waals surface area contributed by atoms with Gasteiger partial charge in [0.1, 0.15) is 11.9 Å². The predicted molar refractivity (Wildman–Crippen MR) is 83.8 cm³/mol. The van der Waals surface area contributed by atoms with Crippen LogP contribution in [0.5, 0.6) is 5.75 Å². The van der Waals surface area contributed by atoms with Gasteiger partial charge in [-0.15, -0.1) is 0 Å². The van der Waals surface area contributed by atoms with Crippen LogP contribution < -0.4 is 4.74 Å². The zero-order valence-corrected chi connectivity index (χ0v) is 12.7. The Balaban J connectivity index is 1.41. The van der Waals surface area contributed by atoms with Crippen LogP contribution in [0.1, 0.15) is 12.8 Å². The Bertz CT molecular complexity index is 533. The molecule has 1 saturated heterocycles. The van der Waals surface area contributed by atoms with E-state index in [0.717, 1.165) is 49.8 Å². The van der Waals surface area contributed by atoms with E-state index in [9.17, 15) is 0 Å². The first-order chi connectivity index (χ1) is 10.3. The maximum Gasteiger partial charge on any atom is 0.119 e. The highest BCUT2D eigenvalue weighted by Gasteiger charge is 2.20. The third-order valence-corrected chi connectivity index (χ3v) is 4.11. The number of benzene rings is 1. The predicted octanol–water partition coefficient (Wildman–Crippen LogP) is 3.08. The number of rotatable bonds is 5. The highest BCUT2D eigenvalue weighted by Crippen LogP contribution is 2.21. The van der Waals surface area contributed by atoms with Gasteiger partial charge < -0.3 is 9.64 Å². The molecule has 0 atom stereocenters. The minimum absolute atomic E-state index is 0.312. The van der Waals surface area contributed by atoms with Gasteiger partial charge in [-0.05, 0) is 43.2 Å². The summed E-state index contributed by atoms with van der Waals surface area (Å²) >= 11 is 5.88. The average molecular weight is 306 g/mol. The first kappa shape index (κ1) is 14.4. The maximum atomic E-state index is 6.01. The summed E-state index contributed by atoms with van der Waals surface area (Å²) in [4.78, 5) is 2.48. The molecule has 0 N–H and O–H groups in total. The first-order valence-corrected chi connectivity index (χ1v) is 7.79. The van der Waals surface area contributed by atoms with Gasteiger partial charge in [-0.2, -0.15) is 5.10 Å². The summed E-state index contributed by atoms with van der Waals surface area (Å²) in [6.07, 6.45) is 6.29. The van der Waals surface area contributed by atoms with E-state index in [1.807, 2.05) is 47.4 Å². The second-order valence-corrected chi connectivity index (χ2v) is 5.82. The lowest BCUT2D eigenvalue weighted by atomic mass is 10.1. The van der Waals surface area contributed by atoms with Crippen LogP contribution >= 0.6 is 11.6 Å². The number of nitrogens with zero attached hydrogens (tertiary/aromatic N) is 3. The van der Waals surface area contributed by atoms with Crippen molar-refractivity contribution in [2.45, 2.75) is 25.5 Å². The minimum Gasteiger partial charge on any atom is -0.490 e. The molecule has 3 rings (SSSR count). The molecule has 1 aromatic heterocycles. The lowest BCUT2D eigenvalue weighted by Gasteiger charge is -2.32. The highest BCUT2D eigenvalue weighted by molar-refractivity contribution is 6.30. The number of hydrogen-bond donors (Lipinski definition) is 0. The molecule has 1 aliphatic heterocycles. The molecule has 21 heavy (non-hydrogen) atoms. The Labute approximate surface area is 130 Å².